The number of aliphatic carboxylic acids is 1. The maximum atomic E-state index is 10.4. The van der Waals surface area contributed by atoms with Gasteiger partial charge in [0.2, 0.25) is 0 Å². The average molecular weight is 275 g/mol. The summed E-state index contributed by atoms with van der Waals surface area (Å²) >= 11 is 0. The van der Waals surface area contributed by atoms with Crippen LogP contribution in [0.3, 0.4) is 0 Å². The van der Waals surface area contributed by atoms with Crippen LogP contribution in [0.4, 0.5) is 0 Å². The quantitative estimate of drug-likeness (QED) is 0.679. The summed E-state index contributed by atoms with van der Waals surface area (Å²) in [5, 5.41) is 26.6. The second kappa shape index (κ2) is 9.11. The molecule has 0 saturated heterocycles. The predicted octanol–water partition coefficient (Wildman–Crippen LogP) is 2.74. The van der Waals surface area contributed by atoms with Gasteiger partial charge in [-0.1, -0.05) is 18.6 Å². The van der Waals surface area contributed by atoms with Crippen molar-refractivity contribution in [2.75, 3.05) is 6.61 Å². The van der Waals surface area contributed by atoms with Crippen molar-refractivity contribution < 1.29 is 15.0 Å². The zero-order valence-electron chi connectivity index (χ0n) is 11.6. The highest BCUT2D eigenvalue weighted by Gasteiger charge is 2.08. The predicted molar refractivity (Wildman–Crippen MR) is 76.2 cm³/mol. The molecule has 108 valence electrons. The van der Waals surface area contributed by atoms with E-state index in [2.05, 4.69) is 6.07 Å². The first kappa shape index (κ1) is 16.2. The fourth-order valence-corrected chi connectivity index (χ4v) is 2.15. The van der Waals surface area contributed by atoms with Crippen molar-refractivity contribution in [1.29, 1.82) is 5.26 Å². The normalized spacial score (nSPS) is 11.8. The topological polar surface area (TPSA) is 81.3 Å². The summed E-state index contributed by atoms with van der Waals surface area (Å²) in [4.78, 5) is 10.4. The monoisotopic (exact) mass is 275 g/mol. The second-order valence-corrected chi connectivity index (χ2v) is 5.04. The van der Waals surface area contributed by atoms with Gasteiger partial charge in [0, 0.05) is 13.0 Å². The Hall–Kier alpha value is -1.86. The molecule has 0 aliphatic carbocycles. The molecule has 20 heavy (non-hydrogen) atoms. The number of nitrogens with zero attached hydrogens (tertiary/aromatic N) is 1. The van der Waals surface area contributed by atoms with Crippen LogP contribution in [0.15, 0.2) is 24.3 Å². The number of hydrogen-bond acceptors (Lipinski definition) is 3. The molecular weight excluding hydrogens is 254 g/mol. The number of aliphatic hydroxyl groups is 1. The molecule has 0 heterocycles. The molecule has 0 aromatic heterocycles. The average Bonchev–Trinajstić information content (AvgIpc) is 2.47. The number of carboxylic acids is 1. The zero-order chi connectivity index (χ0) is 14.8. The number of benzene rings is 1. The Bertz CT molecular complexity index is 448. The van der Waals surface area contributed by atoms with Gasteiger partial charge < -0.3 is 10.2 Å². The third-order valence-corrected chi connectivity index (χ3v) is 3.44. The molecule has 0 fully saturated rings. The van der Waals surface area contributed by atoms with E-state index in [1.807, 2.05) is 12.1 Å². The Balaban J connectivity index is 2.29. The van der Waals surface area contributed by atoms with Gasteiger partial charge in [0.05, 0.1) is 11.6 Å². The molecule has 0 radical (unpaired) electrons. The molecule has 0 saturated carbocycles. The van der Waals surface area contributed by atoms with Crippen molar-refractivity contribution in [2.45, 2.75) is 38.5 Å². The van der Waals surface area contributed by atoms with Gasteiger partial charge in [0.1, 0.15) is 0 Å². The lowest BCUT2D eigenvalue weighted by Crippen LogP contribution is -2.08. The van der Waals surface area contributed by atoms with Crippen LogP contribution in [0, 0.1) is 17.2 Å². The minimum Gasteiger partial charge on any atom is -0.481 e. The molecule has 0 amide bonds. The van der Waals surface area contributed by atoms with E-state index < -0.39 is 5.97 Å². The third-order valence-electron chi connectivity index (χ3n) is 3.44. The Morgan fingerprint density at radius 1 is 1.20 bits per heavy atom. The summed E-state index contributed by atoms with van der Waals surface area (Å²) in [5.74, 6) is -0.539. The number of rotatable bonds is 9. The van der Waals surface area contributed by atoms with Crippen molar-refractivity contribution in [2.24, 2.45) is 5.92 Å². The summed E-state index contributed by atoms with van der Waals surface area (Å²) in [6, 6.07) is 9.57. The number of aliphatic hydroxyl groups excluding tert-OH is 1. The van der Waals surface area contributed by atoms with Crippen LogP contribution >= 0.6 is 0 Å². The van der Waals surface area contributed by atoms with Crippen molar-refractivity contribution >= 4 is 5.97 Å². The molecule has 1 rings (SSSR count). The standard InChI is InChI=1S/C16H21NO3/c17-11-14-8-5-13(6-9-14)7-10-15(12-18)3-1-2-4-16(19)20/h5-6,8-9,15,18H,1-4,7,10,12H2,(H,19,20). The van der Waals surface area contributed by atoms with Crippen LogP contribution in [0.5, 0.6) is 0 Å². The van der Waals surface area contributed by atoms with Gasteiger partial charge in [0.25, 0.3) is 0 Å². The summed E-state index contributed by atoms with van der Waals surface area (Å²) in [5.41, 5.74) is 1.81. The third kappa shape index (κ3) is 6.35. The van der Waals surface area contributed by atoms with E-state index in [-0.39, 0.29) is 18.9 Å². The number of carbonyl (C=O) groups is 1. The number of carboxylic acid groups (broad SMARTS) is 1. The summed E-state index contributed by atoms with van der Waals surface area (Å²) < 4.78 is 0. The lowest BCUT2D eigenvalue weighted by atomic mass is 9.94. The lowest BCUT2D eigenvalue weighted by molar-refractivity contribution is -0.137. The van der Waals surface area contributed by atoms with E-state index in [9.17, 15) is 9.90 Å². The first-order valence-corrected chi connectivity index (χ1v) is 6.97. The molecule has 0 bridgehead atoms. The fraction of sp³-hybridized carbons (Fsp3) is 0.500. The summed E-state index contributed by atoms with van der Waals surface area (Å²) in [6.45, 7) is 0.142. The minimum atomic E-state index is -0.761. The molecule has 1 atom stereocenters. The highest BCUT2D eigenvalue weighted by molar-refractivity contribution is 5.66. The maximum absolute atomic E-state index is 10.4. The van der Waals surface area contributed by atoms with E-state index in [1.54, 1.807) is 12.1 Å². The largest absolute Gasteiger partial charge is 0.481 e. The van der Waals surface area contributed by atoms with Crippen LogP contribution in [0.2, 0.25) is 0 Å². The van der Waals surface area contributed by atoms with E-state index in [4.69, 9.17) is 10.4 Å². The highest BCUT2D eigenvalue weighted by atomic mass is 16.4. The van der Waals surface area contributed by atoms with E-state index in [0.29, 0.717) is 12.0 Å². The molecule has 1 aromatic carbocycles. The first-order valence-electron chi connectivity index (χ1n) is 6.97. The van der Waals surface area contributed by atoms with Crippen LogP contribution < -0.4 is 0 Å². The lowest BCUT2D eigenvalue weighted by Gasteiger charge is -2.13. The Morgan fingerprint density at radius 3 is 2.45 bits per heavy atom. The van der Waals surface area contributed by atoms with Gasteiger partial charge >= 0.3 is 5.97 Å². The Morgan fingerprint density at radius 2 is 1.90 bits per heavy atom. The van der Waals surface area contributed by atoms with E-state index >= 15 is 0 Å². The number of hydrogen-bond donors (Lipinski definition) is 2. The second-order valence-electron chi connectivity index (χ2n) is 5.04. The van der Waals surface area contributed by atoms with Crippen LogP contribution in [0.1, 0.15) is 43.2 Å². The van der Waals surface area contributed by atoms with E-state index in [1.165, 1.54) is 0 Å². The highest BCUT2D eigenvalue weighted by Crippen LogP contribution is 2.17. The molecule has 0 spiro atoms. The van der Waals surface area contributed by atoms with Crippen LogP contribution in [-0.4, -0.2) is 22.8 Å². The molecule has 1 unspecified atom stereocenters. The van der Waals surface area contributed by atoms with E-state index in [0.717, 1.165) is 31.2 Å². The number of unbranched alkanes of at least 4 members (excludes halogenated alkanes) is 1. The summed E-state index contributed by atoms with van der Waals surface area (Å²) in [7, 11) is 0. The van der Waals surface area contributed by atoms with Gasteiger partial charge in [-0.05, 0) is 49.3 Å². The van der Waals surface area contributed by atoms with Gasteiger partial charge in [-0.15, -0.1) is 0 Å². The molecular formula is C16H21NO3. The van der Waals surface area contributed by atoms with Gasteiger partial charge in [-0.2, -0.15) is 5.26 Å². The molecule has 1 aromatic rings. The van der Waals surface area contributed by atoms with Crippen molar-refractivity contribution in [3.05, 3.63) is 35.4 Å². The fourth-order valence-electron chi connectivity index (χ4n) is 2.15. The smallest absolute Gasteiger partial charge is 0.303 e. The van der Waals surface area contributed by atoms with Crippen molar-refractivity contribution in [3.8, 4) is 6.07 Å². The molecule has 2 N–H and O–H groups in total. The Kier molecular flexibility index (Phi) is 7.38. The molecule has 0 aliphatic rings. The maximum Gasteiger partial charge on any atom is 0.303 e. The van der Waals surface area contributed by atoms with Gasteiger partial charge in [0.15, 0.2) is 0 Å². The SMILES string of the molecule is N#Cc1ccc(CCC(CO)CCCCC(=O)O)cc1. The number of aryl methyl sites for hydroxylation is 1. The van der Waals surface area contributed by atoms with Crippen molar-refractivity contribution in [3.63, 3.8) is 0 Å². The minimum absolute atomic E-state index is 0.142. The van der Waals surface area contributed by atoms with Crippen molar-refractivity contribution in [1.82, 2.24) is 0 Å². The van der Waals surface area contributed by atoms with Gasteiger partial charge in [-0.25, -0.2) is 0 Å². The number of nitriles is 1. The first-order chi connectivity index (χ1) is 9.65. The van der Waals surface area contributed by atoms with Crippen LogP contribution in [0.25, 0.3) is 0 Å². The van der Waals surface area contributed by atoms with Crippen LogP contribution in [-0.2, 0) is 11.2 Å². The Labute approximate surface area is 119 Å². The van der Waals surface area contributed by atoms with Gasteiger partial charge in [-0.3, -0.25) is 4.79 Å². The molecule has 0 aliphatic heterocycles. The molecule has 4 nitrogen and oxygen atoms in total. The molecule has 4 heteroatoms. The zero-order valence-corrected chi connectivity index (χ0v) is 11.6. The summed E-state index contributed by atoms with van der Waals surface area (Å²) in [6.07, 6.45) is 4.33.